The first-order valence-corrected chi connectivity index (χ1v) is 7.61. The molecule has 0 aliphatic carbocycles. The Morgan fingerprint density at radius 1 is 1.05 bits per heavy atom. The van der Waals surface area contributed by atoms with E-state index in [2.05, 4.69) is 15.9 Å². The summed E-state index contributed by atoms with van der Waals surface area (Å²) in [6.07, 6.45) is 0.110. The van der Waals surface area contributed by atoms with E-state index in [9.17, 15) is 9.59 Å². The third kappa shape index (κ3) is 3.20. The minimum Gasteiger partial charge on any atom is -0.454 e. The summed E-state index contributed by atoms with van der Waals surface area (Å²) in [6, 6.07) is 12.5. The third-order valence-electron chi connectivity index (χ3n) is 3.40. The van der Waals surface area contributed by atoms with Gasteiger partial charge in [-0.1, -0.05) is 34.1 Å². The number of carbonyl (C=O) groups is 2. The van der Waals surface area contributed by atoms with Gasteiger partial charge in [0.15, 0.2) is 17.3 Å². The maximum absolute atomic E-state index is 12.2. The van der Waals surface area contributed by atoms with Crippen molar-refractivity contribution in [3.63, 3.8) is 0 Å². The Bertz CT molecular complexity index is 739. The van der Waals surface area contributed by atoms with Crippen LogP contribution in [0.5, 0.6) is 11.5 Å². The maximum atomic E-state index is 12.2. The van der Waals surface area contributed by atoms with Gasteiger partial charge in [0.05, 0.1) is 6.42 Å². The minimum atomic E-state index is -0.213. The number of fused-ring (bicyclic) bond motifs is 1. The largest absolute Gasteiger partial charge is 0.454 e. The fraction of sp³-hybridized carbons (Fsp3) is 0.176. The summed E-state index contributed by atoms with van der Waals surface area (Å²) in [5.74, 6) is 0.838. The minimum absolute atomic E-state index is 0.116. The van der Waals surface area contributed by atoms with Gasteiger partial charge in [-0.3, -0.25) is 9.59 Å². The van der Waals surface area contributed by atoms with Crippen molar-refractivity contribution in [3.8, 4) is 11.5 Å². The smallest absolute Gasteiger partial charge is 0.231 e. The predicted molar refractivity (Wildman–Crippen MR) is 84.4 cm³/mol. The summed E-state index contributed by atoms with van der Waals surface area (Å²) in [4.78, 5) is 24.3. The molecule has 1 heterocycles. The summed E-state index contributed by atoms with van der Waals surface area (Å²) in [7, 11) is 0. The molecule has 3 rings (SSSR count). The monoisotopic (exact) mass is 360 g/mol. The number of hydrogen-bond acceptors (Lipinski definition) is 4. The van der Waals surface area contributed by atoms with Crippen molar-refractivity contribution in [3.05, 3.63) is 58.1 Å². The average Bonchev–Trinajstić information content (AvgIpc) is 2.97. The van der Waals surface area contributed by atoms with Crippen LogP contribution in [0.25, 0.3) is 0 Å². The van der Waals surface area contributed by atoms with Crippen LogP contribution in [0.4, 0.5) is 0 Å². The summed E-state index contributed by atoms with van der Waals surface area (Å²) < 4.78 is 11.3. The number of Topliss-reactive ketones (excluding diaryl/α,β-unsaturated/α-hetero) is 2. The zero-order valence-electron chi connectivity index (χ0n) is 11.7. The van der Waals surface area contributed by atoms with E-state index in [1.54, 1.807) is 18.2 Å². The molecular formula is C17H13BrO4. The molecular weight excluding hydrogens is 348 g/mol. The Hall–Kier alpha value is -2.14. The van der Waals surface area contributed by atoms with E-state index in [0.717, 1.165) is 10.0 Å². The molecule has 0 aromatic heterocycles. The molecule has 0 saturated carbocycles. The highest BCUT2D eigenvalue weighted by molar-refractivity contribution is 9.10. The van der Waals surface area contributed by atoms with Crippen LogP contribution >= 0.6 is 15.9 Å². The molecule has 1 aliphatic rings. The zero-order valence-corrected chi connectivity index (χ0v) is 13.3. The molecule has 112 valence electrons. The van der Waals surface area contributed by atoms with E-state index < -0.39 is 0 Å². The molecule has 0 spiro atoms. The van der Waals surface area contributed by atoms with Crippen molar-refractivity contribution >= 4 is 27.5 Å². The molecule has 2 aromatic carbocycles. The van der Waals surface area contributed by atoms with E-state index in [0.29, 0.717) is 17.1 Å². The van der Waals surface area contributed by atoms with E-state index in [1.807, 2.05) is 24.3 Å². The molecule has 0 bridgehead atoms. The van der Waals surface area contributed by atoms with E-state index >= 15 is 0 Å². The van der Waals surface area contributed by atoms with Crippen molar-refractivity contribution in [2.45, 2.75) is 12.8 Å². The second-order valence-corrected chi connectivity index (χ2v) is 5.83. The van der Waals surface area contributed by atoms with Gasteiger partial charge in [-0.25, -0.2) is 0 Å². The van der Waals surface area contributed by atoms with Crippen molar-refractivity contribution in [1.82, 2.24) is 0 Å². The summed E-state index contributed by atoms with van der Waals surface area (Å²) >= 11 is 3.40. The number of rotatable bonds is 5. The SMILES string of the molecule is O=C(CC(=O)c1ccc2c(c1)OCO2)Cc1ccccc1Br. The van der Waals surface area contributed by atoms with Crippen LogP contribution in [0.2, 0.25) is 0 Å². The zero-order chi connectivity index (χ0) is 15.5. The van der Waals surface area contributed by atoms with Crippen LogP contribution in [-0.4, -0.2) is 18.4 Å². The van der Waals surface area contributed by atoms with Gasteiger partial charge in [0.2, 0.25) is 6.79 Å². The first kappa shape index (κ1) is 14.8. The Kier molecular flexibility index (Phi) is 4.24. The average molecular weight is 361 g/mol. The topological polar surface area (TPSA) is 52.6 Å². The summed E-state index contributed by atoms with van der Waals surface area (Å²) in [5.41, 5.74) is 1.34. The second kappa shape index (κ2) is 6.32. The Morgan fingerprint density at radius 3 is 2.64 bits per heavy atom. The van der Waals surface area contributed by atoms with Crippen LogP contribution < -0.4 is 9.47 Å². The van der Waals surface area contributed by atoms with Crippen LogP contribution in [0.1, 0.15) is 22.3 Å². The van der Waals surface area contributed by atoms with Gasteiger partial charge in [-0.05, 0) is 29.8 Å². The molecule has 0 fully saturated rings. The molecule has 22 heavy (non-hydrogen) atoms. The molecule has 0 unspecified atom stereocenters. The Labute approximate surface area is 136 Å². The van der Waals surface area contributed by atoms with Crippen molar-refractivity contribution in [1.29, 1.82) is 0 Å². The standard InChI is InChI=1S/C17H13BrO4/c18-14-4-2-1-3-11(14)7-13(19)9-15(20)12-5-6-16-17(8-12)22-10-21-16/h1-6,8H,7,9-10H2. The number of benzene rings is 2. The lowest BCUT2D eigenvalue weighted by atomic mass is 10.0. The van der Waals surface area contributed by atoms with Gasteiger partial charge < -0.3 is 9.47 Å². The summed E-state index contributed by atoms with van der Waals surface area (Å²) in [5, 5.41) is 0. The third-order valence-corrected chi connectivity index (χ3v) is 4.17. The predicted octanol–water partition coefficient (Wildman–Crippen LogP) is 3.56. The normalized spacial score (nSPS) is 12.2. The number of ketones is 2. The van der Waals surface area contributed by atoms with E-state index in [4.69, 9.17) is 9.47 Å². The van der Waals surface area contributed by atoms with Crippen LogP contribution in [0, 0.1) is 0 Å². The lowest BCUT2D eigenvalue weighted by molar-refractivity contribution is -0.117. The van der Waals surface area contributed by atoms with Crippen molar-refractivity contribution in [2.24, 2.45) is 0 Å². The fourth-order valence-electron chi connectivity index (χ4n) is 2.27. The molecule has 0 N–H and O–H groups in total. The quantitative estimate of drug-likeness (QED) is 0.604. The molecule has 0 amide bonds. The highest BCUT2D eigenvalue weighted by Gasteiger charge is 2.18. The van der Waals surface area contributed by atoms with Gasteiger partial charge in [-0.15, -0.1) is 0 Å². The van der Waals surface area contributed by atoms with Crippen LogP contribution in [0.3, 0.4) is 0 Å². The Morgan fingerprint density at radius 2 is 1.82 bits per heavy atom. The van der Waals surface area contributed by atoms with Crippen molar-refractivity contribution in [2.75, 3.05) is 6.79 Å². The Balaban J connectivity index is 1.66. The van der Waals surface area contributed by atoms with Gasteiger partial charge in [0.1, 0.15) is 5.78 Å². The van der Waals surface area contributed by atoms with Crippen LogP contribution in [0.15, 0.2) is 46.9 Å². The molecule has 0 saturated heterocycles. The number of ether oxygens (including phenoxy) is 2. The highest BCUT2D eigenvalue weighted by atomic mass is 79.9. The number of carbonyl (C=O) groups excluding carboxylic acids is 2. The van der Waals surface area contributed by atoms with Crippen LogP contribution in [-0.2, 0) is 11.2 Å². The molecule has 0 atom stereocenters. The maximum Gasteiger partial charge on any atom is 0.231 e. The van der Waals surface area contributed by atoms with E-state index in [1.165, 1.54) is 0 Å². The second-order valence-electron chi connectivity index (χ2n) is 4.97. The first-order valence-electron chi connectivity index (χ1n) is 6.81. The molecule has 4 nitrogen and oxygen atoms in total. The number of halogens is 1. The highest BCUT2D eigenvalue weighted by Crippen LogP contribution is 2.32. The summed E-state index contributed by atoms with van der Waals surface area (Å²) in [6.45, 7) is 0.161. The van der Waals surface area contributed by atoms with Gasteiger partial charge in [0, 0.05) is 16.5 Å². The molecule has 5 heteroatoms. The fourth-order valence-corrected chi connectivity index (χ4v) is 2.69. The van der Waals surface area contributed by atoms with Gasteiger partial charge in [-0.2, -0.15) is 0 Å². The lowest BCUT2D eigenvalue weighted by Crippen LogP contribution is -2.11. The number of hydrogen-bond donors (Lipinski definition) is 0. The first-order chi connectivity index (χ1) is 10.6. The van der Waals surface area contributed by atoms with Gasteiger partial charge in [0.25, 0.3) is 0 Å². The lowest BCUT2D eigenvalue weighted by Gasteiger charge is -2.04. The van der Waals surface area contributed by atoms with E-state index in [-0.39, 0.29) is 31.2 Å². The van der Waals surface area contributed by atoms with Gasteiger partial charge >= 0.3 is 0 Å². The molecule has 1 aliphatic heterocycles. The molecule has 0 radical (unpaired) electrons. The molecule has 2 aromatic rings. The van der Waals surface area contributed by atoms with Crippen molar-refractivity contribution < 1.29 is 19.1 Å².